The van der Waals surface area contributed by atoms with Gasteiger partial charge in [-0.05, 0) is 80.1 Å². The highest BCUT2D eigenvalue weighted by Crippen LogP contribution is 2.74. The molecule has 1 aliphatic heterocycles. The molecule has 0 saturated heterocycles. The number of ketones is 1. The maximum absolute atomic E-state index is 13.6. The molecule has 7 heteroatoms. The van der Waals surface area contributed by atoms with E-state index in [0.29, 0.717) is 30.0 Å². The molecule has 3 fully saturated rings. The third kappa shape index (κ3) is 3.70. The molecule has 3 saturated carbocycles. The van der Waals surface area contributed by atoms with Crippen LogP contribution in [0, 0.1) is 28.6 Å². The summed E-state index contributed by atoms with van der Waals surface area (Å²) in [6, 6.07) is 0.122. The van der Waals surface area contributed by atoms with Gasteiger partial charge in [0.15, 0.2) is 11.7 Å². The third-order valence-electron chi connectivity index (χ3n) is 10.8. The molecule has 34 heavy (non-hydrogen) atoms. The first-order chi connectivity index (χ1) is 16.3. The van der Waals surface area contributed by atoms with Crippen LogP contribution >= 0.6 is 21.6 Å². The maximum Gasteiger partial charge on any atom is 0.186 e. The third-order valence-corrected chi connectivity index (χ3v) is 14.2. The summed E-state index contributed by atoms with van der Waals surface area (Å²) in [4.78, 5) is 18.4. The Hall–Kier alpha value is -0.660. The second kappa shape index (κ2) is 9.33. The molecule has 6 unspecified atom stereocenters. The van der Waals surface area contributed by atoms with Crippen molar-refractivity contribution in [3.63, 3.8) is 0 Å². The topological polar surface area (TPSA) is 102 Å². The molecule has 1 heterocycles. The minimum Gasteiger partial charge on any atom is -0.396 e. The summed E-state index contributed by atoms with van der Waals surface area (Å²) in [5.74, 6) is 2.95. The smallest absolute Gasteiger partial charge is 0.186 e. The van der Waals surface area contributed by atoms with Crippen LogP contribution in [0.1, 0.15) is 90.9 Å². The van der Waals surface area contributed by atoms with Gasteiger partial charge in [0.25, 0.3) is 0 Å². The summed E-state index contributed by atoms with van der Waals surface area (Å²) in [5.41, 5.74) is 14.6. The van der Waals surface area contributed by atoms with Gasteiger partial charge >= 0.3 is 0 Å². The van der Waals surface area contributed by atoms with Crippen molar-refractivity contribution in [2.24, 2.45) is 45.0 Å². The Kier molecular flexibility index (Phi) is 6.86. The highest BCUT2D eigenvalue weighted by molar-refractivity contribution is 8.77. The average Bonchev–Trinajstić information content (AvgIpc) is 3.16. The van der Waals surface area contributed by atoms with Gasteiger partial charge in [0.05, 0.1) is 6.04 Å². The number of nitrogens with two attached hydrogens (primary N) is 2. The number of nitrogens with zero attached hydrogens (tertiary/aromatic N) is 1. The van der Waals surface area contributed by atoms with Gasteiger partial charge in [-0.15, -0.1) is 0 Å². The van der Waals surface area contributed by atoms with E-state index in [1.54, 1.807) is 0 Å². The molecule has 190 valence electrons. The second-order valence-electron chi connectivity index (χ2n) is 12.1. The van der Waals surface area contributed by atoms with Crippen LogP contribution in [0.2, 0.25) is 0 Å². The van der Waals surface area contributed by atoms with E-state index in [0.717, 1.165) is 49.9 Å². The Morgan fingerprint density at radius 2 is 1.94 bits per heavy atom. The minimum atomic E-state index is -0.0449. The van der Waals surface area contributed by atoms with Gasteiger partial charge in [-0.2, -0.15) is 0 Å². The second-order valence-corrected chi connectivity index (χ2v) is 14.9. The Balaban J connectivity index is 1.52. The van der Waals surface area contributed by atoms with Crippen LogP contribution in [-0.4, -0.2) is 40.0 Å². The van der Waals surface area contributed by atoms with E-state index < -0.39 is 0 Å². The van der Waals surface area contributed by atoms with Crippen LogP contribution in [-0.2, 0) is 4.79 Å². The van der Waals surface area contributed by atoms with Gasteiger partial charge in [-0.3, -0.25) is 4.79 Å². The van der Waals surface area contributed by atoms with Crippen LogP contribution in [0.25, 0.3) is 0 Å². The van der Waals surface area contributed by atoms with Crippen molar-refractivity contribution in [3.05, 3.63) is 11.1 Å². The molecular weight excluding hydrogens is 462 g/mol. The first-order valence-corrected chi connectivity index (χ1v) is 15.9. The van der Waals surface area contributed by atoms with Crippen molar-refractivity contribution in [2.75, 3.05) is 12.4 Å². The monoisotopic (exact) mass is 505 g/mol. The zero-order valence-electron chi connectivity index (χ0n) is 21.0. The molecule has 6 atom stereocenters. The van der Waals surface area contributed by atoms with E-state index in [4.69, 9.17) is 16.5 Å². The average molecular weight is 506 g/mol. The highest BCUT2D eigenvalue weighted by Gasteiger charge is 2.69. The van der Waals surface area contributed by atoms with Crippen molar-refractivity contribution < 1.29 is 9.90 Å². The predicted molar refractivity (Wildman–Crippen MR) is 144 cm³/mol. The zero-order valence-corrected chi connectivity index (χ0v) is 22.6. The molecule has 5 bridgehead atoms. The van der Waals surface area contributed by atoms with Crippen molar-refractivity contribution in [3.8, 4) is 0 Å². The van der Waals surface area contributed by atoms with Crippen molar-refractivity contribution >= 4 is 33.3 Å². The summed E-state index contributed by atoms with van der Waals surface area (Å²) in [6.45, 7) is 5.08. The maximum atomic E-state index is 13.6. The number of hydrogen-bond acceptors (Lipinski definition) is 5. The lowest BCUT2D eigenvalue weighted by Gasteiger charge is -2.55. The van der Waals surface area contributed by atoms with Crippen molar-refractivity contribution in [1.29, 1.82) is 0 Å². The Bertz CT molecular complexity index is 879. The lowest BCUT2D eigenvalue weighted by molar-refractivity contribution is -0.123. The van der Waals surface area contributed by atoms with E-state index in [1.807, 2.05) is 10.8 Å². The lowest BCUT2D eigenvalue weighted by atomic mass is 9.48. The Labute approximate surface area is 213 Å². The SMILES string of the molecule is CC1C(CO)CC2CC3=C4CCCC(N=C(N)N)C5(CCCCC5)SSCCC2(C)C31CC4=O. The van der Waals surface area contributed by atoms with Crippen LogP contribution in [0.3, 0.4) is 0 Å². The normalized spacial score (nSPS) is 42.1. The first kappa shape index (κ1) is 25.0. The fourth-order valence-corrected chi connectivity index (χ4v) is 12.5. The van der Waals surface area contributed by atoms with E-state index in [1.165, 1.54) is 37.7 Å². The molecule has 5 N–H and O–H groups in total. The molecule has 0 radical (unpaired) electrons. The number of hydrogen-bond donors (Lipinski definition) is 3. The predicted octanol–water partition coefficient (Wildman–Crippen LogP) is 5.22. The molecule has 5 nitrogen and oxygen atoms in total. The summed E-state index contributed by atoms with van der Waals surface area (Å²) >= 11 is 0. The molecule has 2 spiro atoms. The molecule has 0 aromatic rings. The number of Topliss-reactive ketones (excluding diaryl/α,β-unsaturated/α-hetero) is 1. The van der Waals surface area contributed by atoms with Gasteiger partial charge in [0.1, 0.15) is 0 Å². The minimum absolute atomic E-state index is 0.0449. The van der Waals surface area contributed by atoms with Gasteiger partial charge in [0, 0.05) is 28.9 Å². The van der Waals surface area contributed by atoms with Gasteiger partial charge in [0.2, 0.25) is 0 Å². The number of carbonyl (C=O) groups excluding carboxylic acids is 1. The summed E-state index contributed by atoms with van der Waals surface area (Å²) in [5, 5.41) is 10.2. The van der Waals surface area contributed by atoms with E-state index in [9.17, 15) is 9.90 Å². The standard InChI is InChI=1S/C27H43N3O2S2/c1-17-18(16-31)13-19-14-21-20-7-6-8-23(30-24(28)29)26(9-4-3-5-10-26)34-33-12-11-25(19,2)27(17,21)15-22(20)32/h17-19,23,31H,3-16H2,1-2H3,(H4,28,29,30). The first-order valence-electron chi connectivity index (χ1n) is 13.5. The van der Waals surface area contributed by atoms with Crippen molar-refractivity contribution in [1.82, 2.24) is 0 Å². The Morgan fingerprint density at radius 1 is 1.18 bits per heavy atom. The number of aliphatic hydroxyl groups excluding tert-OH is 1. The van der Waals surface area contributed by atoms with E-state index in [2.05, 4.69) is 24.6 Å². The molecule has 5 aliphatic rings. The summed E-state index contributed by atoms with van der Waals surface area (Å²) < 4.78 is 0.102. The Morgan fingerprint density at radius 3 is 2.65 bits per heavy atom. The van der Waals surface area contributed by atoms with Crippen molar-refractivity contribution in [2.45, 2.75) is 102 Å². The van der Waals surface area contributed by atoms with Gasteiger partial charge < -0.3 is 16.6 Å². The molecule has 5 rings (SSSR count). The zero-order chi connectivity index (χ0) is 24.1. The highest BCUT2D eigenvalue weighted by atomic mass is 33.1. The largest absolute Gasteiger partial charge is 0.396 e. The summed E-state index contributed by atoms with van der Waals surface area (Å²) in [6.07, 6.45) is 12.9. The molecule has 0 amide bonds. The number of guanidine groups is 1. The number of aliphatic hydroxyl groups is 1. The molecule has 0 aromatic heterocycles. The quantitative estimate of drug-likeness (QED) is 0.270. The molecular formula is C27H43N3O2S2. The van der Waals surface area contributed by atoms with E-state index in [-0.39, 0.29) is 34.2 Å². The lowest BCUT2D eigenvalue weighted by Crippen LogP contribution is -2.51. The number of carbonyl (C=O) groups is 1. The fraction of sp³-hybridized carbons (Fsp3) is 0.852. The number of rotatable bonds is 2. The van der Waals surface area contributed by atoms with E-state index >= 15 is 0 Å². The number of allylic oxidation sites excluding steroid dienone is 2. The summed E-state index contributed by atoms with van der Waals surface area (Å²) in [7, 11) is 4.10. The van der Waals surface area contributed by atoms with Gasteiger partial charge in [-0.25, -0.2) is 4.99 Å². The van der Waals surface area contributed by atoms with Gasteiger partial charge in [-0.1, -0.05) is 60.3 Å². The molecule has 0 aromatic carbocycles. The van der Waals surface area contributed by atoms with Crippen LogP contribution in [0.5, 0.6) is 0 Å². The molecule has 4 aliphatic carbocycles. The fourth-order valence-electron chi connectivity index (χ4n) is 8.95. The van der Waals surface area contributed by atoms with Crippen LogP contribution in [0.15, 0.2) is 16.1 Å². The number of aliphatic imine (C=N–C) groups is 1. The van der Waals surface area contributed by atoms with Crippen LogP contribution in [0.4, 0.5) is 0 Å². The van der Waals surface area contributed by atoms with Crippen LogP contribution < -0.4 is 11.5 Å².